The van der Waals surface area contributed by atoms with Gasteiger partial charge in [0.2, 0.25) is 0 Å². The Kier molecular flexibility index (Phi) is 8.69. The zero-order chi connectivity index (χ0) is 19.0. The van der Waals surface area contributed by atoms with Crippen LogP contribution in [0.5, 0.6) is 0 Å². The van der Waals surface area contributed by atoms with Crippen LogP contribution in [0.3, 0.4) is 0 Å². The molecular weight excluding hydrogens is 322 g/mol. The highest BCUT2D eigenvalue weighted by Gasteiger charge is 2.34. The van der Waals surface area contributed by atoms with Crippen LogP contribution in [0.1, 0.15) is 73.6 Å². The molecule has 1 fully saturated rings. The molecule has 25 heavy (non-hydrogen) atoms. The highest BCUT2D eigenvalue weighted by molar-refractivity contribution is 5.81. The van der Waals surface area contributed by atoms with Crippen molar-refractivity contribution >= 4 is 12.1 Å². The van der Waals surface area contributed by atoms with E-state index < -0.39 is 23.7 Å². The lowest BCUT2D eigenvalue weighted by Gasteiger charge is -2.30. The molecule has 0 spiro atoms. The number of nitrogens with one attached hydrogen (secondary N) is 1. The summed E-state index contributed by atoms with van der Waals surface area (Å²) in [5.41, 5.74) is -0.616. The predicted octanol–water partition coefficient (Wildman–Crippen LogP) is 3.82. The van der Waals surface area contributed by atoms with Crippen LogP contribution in [-0.4, -0.2) is 42.5 Å². The number of esters is 1. The number of rotatable bonds is 5. The number of hydrogen-bond donors (Lipinski definition) is 1. The van der Waals surface area contributed by atoms with Crippen molar-refractivity contribution in [3.05, 3.63) is 0 Å². The van der Waals surface area contributed by atoms with Crippen LogP contribution in [0.4, 0.5) is 4.79 Å². The molecule has 1 rings (SSSR count). The van der Waals surface area contributed by atoms with Crippen LogP contribution in [-0.2, 0) is 19.0 Å². The van der Waals surface area contributed by atoms with Gasteiger partial charge in [-0.15, -0.1) is 0 Å². The van der Waals surface area contributed by atoms with Gasteiger partial charge in [-0.1, -0.05) is 26.7 Å². The van der Waals surface area contributed by atoms with E-state index in [-0.39, 0.29) is 18.1 Å². The molecule has 4 atom stereocenters. The first kappa shape index (κ1) is 21.7. The summed E-state index contributed by atoms with van der Waals surface area (Å²) in [4.78, 5) is 24.5. The van der Waals surface area contributed by atoms with E-state index in [2.05, 4.69) is 19.2 Å². The molecule has 6 heteroatoms. The van der Waals surface area contributed by atoms with E-state index in [0.717, 1.165) is 25.7 Å². The lowest BCUT2D eigenvalue weighted by Crippen LogP contribution is -2.45. The van der Waals surface area contributed by atoms with Crippen molar-refractivity contribution in [1.29, 1.82) is 0 Å². The fraction of sp³-hybridized carbons (Fsp3) is 0.895. The molecule has 1 amide bonds. The first-order valence-electron chi connectivity index (χ1n) is 9.49. The van der Waals surface area contributed by atoms with Gasteiger partial charge in [0.1, 0.15) is 17.7 Å². The second-order valence-electron chi connectivity index (χ2n) is 7.75. The summed E-state index contributed by atoms with van der Waals surface area (Å²) in [7, 11) is 0. The van der Waals surface area contributed by atoms with Gasteiger partial charge in [-0.05, 0) is 40.5 Å². The average Bonchev–Trinajstić information content (AvgIpc) is 2.54. The smallest absolute Gasteiger partial charge is 0.408 e. The van der Waals surface area contributed by atoms with Crippen molar-refractivity contribution in [1.82, 2.24) is 5.32 Å². The molecule has 0 aromatic heterocycles. The second-order valence-corrected chi connectivity index (χ2v) is 7.75. The van der Waals surface area contributed by atoms with Crippen molar-refractivity contribution in [3.63, 3.8) is 0 Å². The third kappa shape index (κ3) is 7.63. The first-order chi connectivity index (χ1) is 11.7. The lowest BCUT2D eigenvalue weighted by atomic mass is 9.89. The highest BCUT2D eigenvalue weighted by atomic mass is 16.6. The van der Waals surface area contributed by atoms with Crippen molar-refractivity contribution in [2.24, 2.45) is 5.92 Å². The number of unbranched alkanes of at least 4 members (excludes halogenated alkanes) is 1. The predicted molar refractivity (Wildman–Crippen MR) is 96.4 cm³/mol. The maximum absolute atomic E-state index is 12.5. The summed E-state index contributed by atoms with van der Waals surface area (Å²) < 4.78 is 16.9. The van der Waals surface area contributed by atoms with E-state index in [1.165, 1.54) is 0 Å². The van der Waals surface area contributed by atoms with Crippen molar-refractivity contribution in [2.45, 2.75) is 97.5 Å². The number of carbonyl (C=O) groups is 2. The number of carbonyl (C=O) groups excluding carboxylic acids is 2. The van der Waals surface area contributed by atoms with E-state index in [4.69, 9.17) is 14.2 Å². The lowest BCUT2D eigenvalue weighted by molar-refractivity contribution is -0.154. The molecule has 0 aliphatic carbocycles. The molecule has 1 aliphatic rings. The molecule has 0 bridgehead atoms. The van der Waals surface area contributed by atoms with E-state index in [1.807, 2.05) is 6.92 Å². The van der Waals surface area contributed by atoms with Crippen LogP contribution < -0.4 is 5.32 Å². The third-order valence-corrected chi connectivity index (χ3v) is 4.39. The van der Waals surface area contributed by atoms with Gasteiger partial charge in [-0.3, -0.25) is 0 Å². The number of cyclic esters (lactones) is 1. The van der Waals surface area contributed by atoms with Crippen molar-refractivity contribution in [3.8, 4) is 0 Å². The molecular formula is C19H35NO5. The van der Waals surface area contributed by atoms with Gasteiger partial charge in [-0.25, -0.2) is 9.59 Å². The number of alkyl carbamates (subject to hydrolysis) is 1. The maximum Gasteiger partial charge on any atom is 0.408 e. The number of ether oxygens (including phenoxy) is 3. The minimum Gasteiger partial charge on any atom is -0.461 e. The Labute approximate surface area is 152 Å². The SMILES string of the molecule is CCCC[C@H]1[C@H](C)OC(=O)[C@@H](NC(=O)OC(C)(C)C)CCO[C@@H]1CC. The molecule has 1 aliphatic heterocycles. The van der Waals surface area contributed by atoms with Crippen LogP contribution in [0.15, 0.2) is 0 Å². The van der Waals surface area contributed by atoms with Gasteiger partial charge in [0, 0.05) is 18.9 Å². The van der Waals surface area contributed by atoms with E-state index >= 15 is 0 Å². The van der Waals surface area contributed by atoms with Crippen molar-refractivity contribution in [2.75, 3.05) is 6.61 Å². The standard InChI is InChI=1S/C19H35NO5/c1-7-9-10-14-13(3)24-17(21)15(11-12-23-16(14)8-2)20-18(22)25-19(4,5)6/h13-16H,7-12H2,1-6H3,(H,20,22)/t13-,14-,15-,16+/m0/s1. The average molecular weight is 357 g/mol. The highest BCUT2D eigenvalue weighted by Crippen LogP contribution is 2.26. The maximum atomic E-state index is 12.5. The minimum atomic E-state index is -0.750. The molecule has 146 valence electrons. The van der Waals surface area contributed by atoms with Crippen molar-refractivity contribution < 1.29 is 23.8 Å². The molecule has 1 heterocycles. The fourth-order valence-corrected chi connectivity index (χ4v) is 3.10. The molecule has 0 saturated carbocycles. The van der Waals surface area contributed by atoms with Crippen LogP contribution in [0.2, 0.25) is 0 Å². The molecule has 1 N–H and O–H groups in total. The summed E-state index contributed by atoms with van der Waals surface area (Å²) >= 11 is 0. The summed E-state index contributed by atoms with van der Waals surface area (Å²) in [6.45, 7) is 11.9. The Hall–Kier alpha value is -1.30. The van der Waals surface area contributed by atoms with E-state index in [0.29, 0.717) is 13.0 Å². The zero-order valence-corrected chi connectivity index (χ0v) is 16.6. The van der Waals surface area contributed by atoms with Gasteiger partial charge in [0.25, 0.3) is 0 Å². The normalized spacial score (nSPS) is 28.3. The van der Waals surface area contributed by atoms with Gasteiger partial charge in [0.15, 0.2) is 0 Å². The number of hydrogen-bond acceptors (Lipinski definition) is 5. The molecule has 0 aromatic rings. The Balaban J connectivity index is 2.78. The minimum absolute atomic E-state index is 0.0645. The first-order valence-corrected chi connectivity index (χ1v) is 9.49. The Morgan fingerprint density at radius 2 is 2.00 bits per heavy atom. The topological polar surface area (TPSA) is 73.9 Å². The van der Waals surface area contributed by atoms with Gasteiger partial charge in [0.05, 0.1) is 6.10 Å². The Morgan fingerprint density at radius 1 is 1.32 bits per heavy atom. The fourth-order valence-electron chi connectivity index (χ4n) is 3.10. The van der Waals surface area contributed by atoms with Gasteiger partial charge in [-0.2, -0.15) is 0 Å². The molecule has 6 nitrogen and oxygen atoms in total. The van der Waals surface area contributed by atoms with Crippen LogP contribution in [0, 0.1) is 5.92 Å². The Bertz CT molecular complexity index is 432. The number of amides is 1. The quantitative estimate of drug-likeness (QED) is 0.757. The van der Waals surface area contributed by atoms with E-state index in [1.54, 1.807) is 20.8 Å². The largest absolute Gasteiger partial charge is 0.461 e. The van der Waals surface area contributed by atoms with Crippen LogP contribution >= 0.6 is 0 Å². The second kappa shape index (κ2) is 10.00. The summed E-state index contributed by atoms with van der Waals surface area (Å²) in [5.74, 6) is -0.241. The monoisotopic (exact) mass is 357 g/mol. The summed E-state index contributed by atoms with van der Waals surface area (Å²) in [6, 6.07) is -0.750. The zero-order valence-electron chi connectivity index (χ0n) is 16.6. The molecule has 1 saturated heterocycles. The Morgan fingerprint density at radius 3 is 2.56 bits per heavy atom. The van der Waals surface area contributed by atoms with Gasteiger partial charge >= 0.3 is 12.1 Å². The molecule has 0 unspecified atom stereocenters. The van der Waals surface area contributed by atoms with Crippen LogP contribution in [0.25, 0.3) is 0 Å². The molecule has 0 aromatic carbocycles. The third-order valence-electron chi connectivity index (χ3n) is 4.39. The summed E-state index contributed by atoms with van der Waals surface area (Å²) in [6.07, 6.45) is 3.59. The summed E-state index contributed by atoms with van der Waals surface area (Å²) in [5, 5.41) is 2.62. The van der Waals surface area contributed by atoms with E-state index in [9.17, 15) is 9.59 Å². The van der Waals surface area contributed by atoms with Gasteiger partial charge < -0.3 is 19.5 Å². The molecule has 0 radical (unpaired) electrons.